The predicted molar refractivity (Wildman–Crippen MR) is 76.0 cm³/mol. The maximum absolute atomic E-state index is 13.8. The quantitative estimate of drug-likeness (QED) is 0.929. The molecule has 2 rings (SSSR count). The lowest BCUT2D eigenvalue weighted by molar-refractivity contribution is -0.136. The monoisotopic (exact) mass is 299 g/mol. The van der Waals surface area contributed by atoms with Crippen LogP contribution in [-0.2, 0) is 16.0 Å². The Labute approximate surface area is 121 Å². The molecule has 1 heterocycles. The van der Waals surface area contributed by atoms with Crippen LogP contribution in [0.2, 0.25) is 5.02 Å². The molecule has 0 aliphatic carbocycles. The van der Waals surface area contributed by atoms with Crippen molar-refractivity contribution in [1.29, 1.82) is 0 Å². The number of carboxylic acids is 1. The van der Waals surface area contributed by atoms with Gasteiger partial charge in [-0.2, -0.15) is 0 Å². The summed E-state index contributed by atoms with van der Waals surface area (Å²) in [6.45, 7) is 5.61. The molecule has 0 bridgehead atoms. The van der Waals surface area contributed by atoms with E-state index in [1.165, 1.54) is 6.07 Å². The number of anilines is 1. The summed E-state index contributed by atoms with van der Waals surface area (Å²) < 4.78 is 19.1. The maximum Gasteiger partial charge on any atom is 0.307 e. The van der Waals surface area contributed by atoms with Gasteiger partial charge in [-0.25, -0.2) is 4.39 Å². The fourth-order valence-electron chi connectivity index (χ4n) is 2.32. The average molecular weight is 300 g/mol. The van der Waals surface area contributed by atoms with Gasteiger partial charge in [-0.05, 0) is 17.7 Å². The number of benzene rings is 1. The molecule has 6 heteroatoms. The van der Waals surface area contributed by atoms with E-state index in [9.17, 15) is 9.18 Å². The molecule has 1 fully saturated rings. The summed E-state index contributed by atoms with van der Waals surface area (Å²) in [6.07, 6.45) is -0.295. The van der Waals surface area contributed by atoms with Crippen LogP contribution in [0.1, 0.15) is 11.1 Å². The zero-order valence-electron chi connectivity index (χ0n) is 10.9. The number of carbonyl (C=O) groups is 1. The van der Waals surface area contributed by atoms with Gasteiger partial charge >= 0.3 is 5.97 Å². The number of carboxylic acid groups (broad SMARTS) is 1. The number of nitrogens with zero attached hydrogens (tertiary/aromatic N) is 1. The van der Waals surface area contributed by atoms with Gasteiger partial charge in [0.1, 0.15) is 5.83 Å². The number of hydrogen-bond acceptors (Lipinski definition) is 3. The molecule has 20 heavy (non-hydrogen) atoms. The number of halogens is 2. The molecule has 1 saturated heterocycles. The van der Waals surface area contributed by atoms with Gasteiger partial charge in [0.05, 0.1) is 19.6 Å². The minimum Gasteiger partial charge on any atom is -0.481 e. The Hall–Kier alpha value is -1.59. The first-order chi connectivity index (χ1) is 9.49. The molecule has 0 amide bonds. The standard InChI is InChI=1S/C14H15ClFNO3/c1-9(16)14-10(7-13(18)19)6-11(15)8-12(14)17-2-4-20-5-3-17/h6,8H,1-5,7H2,(H,18,19). The van der Waals surface area contributed by atoms with Crippen molar-refractivity contribution in [2.75, 3.05) is 31.2 Å². The van der Waals surface area contributed by atoms with Gasteiger partial charge in [-0.3, -0.25) is 4.79 Å². The zero-order chi connectivity index (χ0) is 14.7. The third-order valence-corrected chi connectivity index (χ3v) is 3.35. The van der Waals surface area contributed by atoms with E-state index in [1.807, 2.05) is 4.90 Å². The highest BCUT2D eigenvalue weighted by Crippen LogP contribution is 2.34. The first kappa shape index (κ1) is 14.8. The van der Waals surface area contributed by atoms with E-state index >= 15 is 0 Å². The summed E-state index contributed by atoms with van der Waals surface area (Å²) in [5.41, 5.74) is 1.13. The number of rotatable bonds is 4. The molecule has 1 aliphatic rings. The summed E-state index contributed by atoms with van der Waals surface area (Å²) in [5.74, 6) is -1.69. The summed E-state index contributed by atoms with van der Waals surface area (Å²) >= 11 is 6.03. The van der Waals surface area contributed by atoms with Gasteiger partial charge in [0, 0.05) is 29.4 Å². The summed E-state index contributed by atoms with van der Waals surface area (Å²) in [6, 6.07) is 3.11. The molecule has 1 aromatic rings. The molecule has 0 radical (unpaired) electrons. The van der Waals surface area contributed by atoms with Crippen molar-refractivity contribution in [2.24, 2.45) is 0 Å². The molecule has 1 N–H and O–H groups in total. The minimum absolute atomic E-state index is 0.221. The molecule has 0 unspecified atom stereocenters. The van der Waals surface area contributed by atoms with Crippen molar-refractivity contribution in [2.45, 2.75) is 6.42 Å². The van der Waals surface area contributed by atoms with Gasteiger partial charge in [0.25, 0.3) is 0 Å². The van der Waals surface area contributed by atoms with Crippen molar-refractivity contribution in [1.82, 2.24) is 0 Å². The maximum atomic E-state index is 13.8. The first-order valence-electron chi connectivity index (χ1n) is 6.20. The van der Waals surface area contributed by atoms with Crippen LogP contribution < -0.4 is 4.90 Å². The number of hydrogen-bond donors (Lipinski definition) is 1. The Bertz CT molecular complexity index is 541. The molecule has 4 nitrogen and oxygen atoms in total. The van der Waals surface area contributed by atoms with Crippen LogP contribution in [-0.4, -0.2) is 37.4 Å². The summed E-state index contributed by atoms with van der Waals surface area (Å²) in [7, 11) is 0. The third kappa shape index (κ3) is 3.29. The lowest BCUT2D eigenvalue weighted by Crippen LogP contribution is -2.36. The first-order valence-corrected chi connectivity index (χ1v) is 6.58. The second-order valence-corrected chi connectivity index (χ2v) is 4.97. The third-order valence-electron chi connectivity index (χ3n) is 3.13. The van der Waals surface area contributed by atoms with Crippen LogP contribution in [0.5, 0.6) is 0 Å². The normalized spacial score (nSPS) is 15.2. The fourth-order valence-corrected chi connectivity index (χ4v) is 2.55. The lowest BCUT2D eigenvalue weighted by atomic mass is 10.0. The van der Waals surface area contributed by atoms with E-state index in [4.69, 9.17) is 21.4 Å². The van der Waals surface area contributed by atoms with Gasteiger partial charge < -0.3 is 14.7 Å². The average Bonchev–Trinajstić information content (AvgIpc) is 2.37. The van der Waals surface area contributed by atoms with Crippen molar-refractivity contribution >= 4 is 29.1 Å². The molecule has 0 spiro atoms. The van der Waals surface area contributed by atoms with Crippen LogP contribution in [0.4, 0.5) is 10.1 Å². The second kappa shape index (κ2) is 6.24. The van der Waals surface area contributed by atoms with Gasteiger partial charge in [-0.1, -0.05) is 18.2 Å². The SMILES string of the molecule is C=C(F)c1c(CC(=O)O)cc(Cl)cc1N1CCOCC1. The van der Waals surface area contributed by atoms with Crippen molar-refractivity contribution in [3.05, 3.63) is 34.9 Å². The molecule has 108 valence electrons. The van der Waals surface area contributed by atoms with E-state index in [0.29, 0.717) is 42.6 Å². The van der Waals surface area contributed by atoms with Crippen molar-refractivity contribution in [3.8, 4) is 0 Å². The van der Waals surface area contributed by atoms with E-state index in [1.54, 1.807) is 6.07 Å². The van der Waals surface area contributed by atoms with E-state index in [0.717, 1.165) is 0 Å². The number of ether oxygens (including phenoxy) is 1. The van der Waals surface area contributed by atoms with Gasteiger partial charge in [0.2, 0.25) is 0 Å². The predicted octanol–water partition coefficient (Wildman–Crippen LogP) is 2.74. The molecule has 0 atom stereocenters. The number of aliphatic carboxylic acids is 1. The summed E-state index contributed by atoms with van der Waals surface area (Å²) in [5, 5.41) is 9.32. The number of morpholine rings is 1. The van der Waals surface area contributed by atoms with Gasteiger partial charge in [-0.15, -0.1) is 0 Å². The topological polar surface area (TPSA) is 49.8 Å². The van der Waals surface area contributed by atoms with Crippen molar-refractivity contribution < 1.29 is 19.0 Å². The highest BCUT2D eigenvalue weighted by molar-refractivity contribution is 6.31. The minimum atomic E-state index is -1.04. The van der Waals surface area contributed by atoms with Crippen molar-refractivity contribution in [3.63, 3.8) is 0 Å². The Kier molecular flexibility index (Phi) is 4.62. The molecular weight excluding hydrogens is 285 g/mol. The Morgan fingerprint density at radius 1 is 1.45 bits per heavy atom. The van der Waals surface area contributed by atoms with Crippen LogP contribution in [0, 0.1) is 0 Å². The highest BCUT2D eigenvalue weighted by atomic mass is 35.5. The van der Waals surface area contributed by atoms with Crippen LogP contribution in [0.25, 0.3) is 5.83 Å². The van der Waals surface area contributed by atoms with Gasteiger partial charge in [0.15, 0.2) is 0 Å². The molecule has 0 saturated carbocycles. The highest BCUT2D eigenvalue weighted by Gasteiger charge is 2.21. The molecular formula is C14H15ClFNO3. The lowest BCUT2D eigenvalue weighted by Gasteiger charge is -2.31. The van der Waals surface area contributed by atoms with Crippen LogP contribution in [0.15, 0.2) is 18.7 Å². The largest absolute Gasteiger partial charge is 0.481 e. The van der Waals surface area contributed by atoms with E-state index in [-0.39, 0.29) is 12.0 Å². The Balaban J connectivity index is 2.50. The molecule has 1 aliphatic heterocycles. The van der Waals surface area contributed by atoms with E-state index < -0.39 is 11.8 Å². The smallest absolute Gasteiger partial charge is 0.307 e. The second-order valence-electron chi connectivity index (χ2n) is 4.53. The molecule has 0 aromatic heterocycles. The fraction of sp³-hybridized carbons (Fsp3) is 0.357. The zero-order valence-corrected chi connectivity index (χ0v) is 11.6. The van der Waals surface area contributed by atoms with Crippen LogP contribution >= 0.6 is 11.6 Å². The van der Waals surface area contributed by atoms with E-state index in [2.05, 4.69) is 6.58 Å². The van der Waals surface area contributed by atoms with Crippen LogP contribution in [0.3, 0.4) is 0 Å². The summed E-state index contributed by atoms with van der Waals surface area (Å²) in [4.78, 5) is 12.8. The Morgan fingerprint density at radius 2 is 2.10 bits per heavy atom. The molecule has 1 aromatic carbocycles. The Morgan fingerprint density at radius 3 is 2.65 bits per heavy atom.